The number of likely N-dealkylation sites (tertiary alicyclic amines) is 1. The predicted octanol–water partition coefficient (Wildman–Crippen LogP) is 2.55. The summed E-state index contributed by atoms with van der Waals surface area (Å²) < 4.78 is 0. The molecule has 1 aromatic rings. The van der Waals surface area contributed by atoms with E-state index in [9.17, 15) is 0 Å². The van der Waals surface area contributed by atoms with E-state index in [-0.39, 0.29) is 0 Å². The highest BCUT2D eigenvalue weighted by Gasteiger charge is 2.21. The van der Waals surface area contributed by atoms with Crippen LogP contribution in [0.4, 0.5) is 0 Å². The van der Waals surface area contributed by atoms with E-state index in [1.165, 1.54) is 37.1 Å². The molecule has 1 fully saturated rings. The van der Waals surface area contributed by atoms with Crippen LogP contribution in [0.5, 0.6) is 0 Å². The van der Waals surface area contributed by atoms with Crippen LogP contribution in [0.3, 0.4) is 0 Å². The number of aromatic nitrogens is 1. The zero-order valence-electron chi connectivity index (χ0n) is 9.03. The molecular formula is C12H18N2. The molecule has 1 aliphatic heterocycles. The Kier molecular flexibility index (Phi) is 2.82. The van der Waals surface area contributed by atoms with Crippen LogP contribution in [0.25, 0.3) is 0 Å². The lowest BCUT2D eigenvalue weighted by molar-refractivity contribution is 0.183. The van der Waals surface area contributed by atoms with Crippen molar-refractivity contribution in [1.29, 1.82) is 0 Å². The summed E-state index contributed by atoms with van der Waals surface area (Å²) in [6, 6.07) is 4.82. The van der Waals surface area contributed by atoms with Gasteiger partial charge in [-0.2, -0.15) is 0 Å². The lowest BCUT2D eigenvalue weighted by Gasteiger charge is -2.32. The van der Waals surface area contributed by atoms with Crippen LogP contribution in [0.2, 0.25) is 0 Å². The zero-order valence-corrected chi connectivity index (χ0v) is 9.03. The highest BCUT2D eigenvalue weighted by Crippen LogP contribution is 2.28. The number of rotatable bonds is 1. The summed E-state index contributed by atoms with van der Waals surface area (Å²) in [7, 11) is 2.20. The van der Waals surface area contributed by atoms with E-state index in [4.69, 9.17) is 0 Å². The summed E-state index contributed by atoms with van der Waals surface area (Å²) in [5, 5.41) is 0. The minimum Gasteiger partial charge on any atom is -0.298 e. The Balaban J connectivity index is 2.20. The third-order valence-electron chi connectivity index (χ3n) is 3.05. The average molecular weight is 190 g/mol. The molecule has 2 nitrogen and oxygen atoms in total. The normalized spacial score (nSPS) is 23.7. The zero-order chi connectivity index (χ0) is 9.97. The molecule has 0 N–H and O–H groups in total. The molecule has 76 valence electrons. The predicted molar refractivity (Wildman–Crippen MR) is 58.2 cm³/mol. The molecule has 0 saturated carbocycles. The molecular weight excluding hydrogens is 172 g/mol. The average Bonchev–Trinajstić information content (AvgIpc) is 2.18. The maximum atomic E-state index is 4.47. The Morgan fingerprint density at radius 3 is 3.00 bits per heavy atom. The molecule has 1 atom stereocenters. The Hall–Kier alpha value is -0.890. The Morgan fingerprint density at radius 1 is 1.43 bits per heavy atom. The van der Waals surface area contributed by atoms with Gasteiger partial charge >= 0.3 is 0 Å². The minimum atomic E-state index is 0.545. The molecule has 0 spiro atoms. The summed E-state index contributed by atoms with van der Waals surface area (Å²) in [5.41, 5.74) is 2.56. The topological polar surface area (TPSA) is 16.1 Å². The second-order valence-corrected chi connectivity index (χ2v) is 4.25. The highest BCUT2D eigenvalue weighted by molar-refractivity contribution is 5.17. The van der Waals surface area contributed by atoms with Crippen molar-refractivity contribution in [2.75, 3.05) is 13.6 Å². The van der Waals surface area contributed by atoms with Crippen LogP contribution in [0.15, 0.2) is 18.3 Å². The molecule has 14 heavy (non-hydrogen) atoms. The first-order valence-electron chi connectivity index (χ1n) is 5.40. The molecule has 0 bridgehead atoms. The van der Waals surface area contributed by atoms with Crippen molar-refractivity contribution in [1.82, 2.24) is 9.88 Å². The fourth-order valence-electron chi connectivity index (χ4n) is 2.19. The number of piperidine rings is 1. The van der Waals surface area contributed by atoms with Crippen molar-refractivity contribution in [3.8, 4) is 0 Å². The lowest BCUT2D eigenvalue weighted by Crippen LogP contribution is -2.30. The van der Waals surface area contributed by atoms with Gasteiger partial charge in [-0.3, -0.25) is 9.88 Å². The molecule has 0 radical (unpaired) electrons. The lowest BCUT2D eigenvalue weighted by atomic mass is 9.99. The van der Waals surface area contributed by atoms with Gasteiger partial charge in [0.05, 0.1) is 11.7 Å². The number of aryl methyl sites for hydroxylation is 1. The fraction of sp³-hybridized carbons (Fsp3) is 0.583. The molecule has 1 saturated heterocycles. The van der Waals surface area contributed by atoms with E-state index in [0.29, 0.717) is 6.04 Å². The van der Waals surface area contributed by atoms with Gasteiger partial charge in [0.1, 0.15) is 0 Å². The summed E-state index contributed by atoms with van der Waals surface area (Å²) in [6.45, 7) is 3.34. The van der Waals surface area contributed by atoms with Gasteiger partial charge in [0.25, 0.3) is 0 Å². The van der Waals surface area contributed by atoms with Gasteiger partial charge in [0, 0.05) is 6.20 Å². The van der Waals surface area contributed by atoms with E-state index >= 15 is 0 Å². The van der Waals surface area contributed by atoms with Crippen LogP contribution in [0.1, 0.15) is 36.6 Å². The van der Waals surface area contributed by atoms with Crippen molar-refractivity contribution >= 4 is 0 Å². The SMILES string of the molecule is Cc1ccnc(C2CCCCN2C)c1. The second-order valence-electron chi connectivity index (χ2n) is 4.25. The Labute approximate surface area is 86.0 Å². The molecule has 1 aromatic heterocycles. The number of hydrogen-bond donors (Lipinski definition) is 0. The number of hydrogen-bond acceptors (Lipinski definition) is 2. The molecule has 2 rings (SSSR count). The van der Waals surface area contributed by atoms with E-state index in [2.05, 4.69) is 36.0 Å². The first-order chi connectivity index (χ1) is 6.77. The van der Waals surface area contributed by atoms with Gasteiger partial charge in [-0.1, -0.05) is 6.42 Å². The molecule has 0 aromatic carbocycles. The van der Waals surface area contributed by atoms with Crippen LogP contribution < -0.4 is 0 Å². The van der Waals surface area contributed by atoms with E-state index < -0.39 is 0 Å². The van der Waals surface area contributed by atoms with Crippen molar-refractivity contribution < 1.29 is 0 Å². The molecule has 0 amide bonds. The summed E-state index contributed by atoms with van der Waals surface area (Å²) in [4.78, 5) is 6.89. The van der Waals surface area contributed by atoms with E-state index in [0.717, 1.165) is 0 Å². The molecule has 0 aliphatic carbocycles. The summed E-state index contributed by atoms with van der Waals surface area (Å²) >= 11 is 0. The smallest absolute Gasteiger partial charge is 0.0577 e. The van der Waals surface area contributed by atoms with Gasteiger partial charge in [-0.25, -0.2) is 0 Å². The second kappa shape index (κ2) is 4.09. The van der Waals surface area contributed by atoms with Gasteiger partial charge in [0.2, 0.25) is 0 Å². The van der Waals surface area contributed by atoms with E-state index in [1.54, 1.807) is 0 Å². The van der Waals surface area contributed by atoms with Crippen LogP contribution in [-0.4, -0.2) is 23.5 Å². The number of nitrogens with zero attached hydrogens (tertiary/aromatic N) is 2. The third kappa shape index (κ3) is 1.95. The van der Waals surface area contributed by atoms with Gasteiger partial charge in [-0.05, 0) is 51.1 Å². The van der Waals surface area contributed by atoms with Gasteiger partial charge < -0.3 is 0 Å². The fourth-order valence-corrected chi connectivity index (χ4v) is 2.19. The van der Waals surface area contributed by atoms with E-state index in [1.807, 2.05) is 6.20 Å². The monoisotopic (exact) mass is 190 g/mol. The minimum absolute atomic E-state index is 0.545. The first-order valence-corrected chi connectivity index (χ1v) is 5.40. The quantitative estimate of drug-likeness (QED) is 0.676. The molecule has 2 heteroatoms. The molecule has 1 aliphatic rings. The van der Waals surface area contributed by atoms with Gasteiger partial charge in [0.15, 0.2) is 0 Å². The Bertz CT molecular complexity index is 309. The first kappa shape index (κ1) is 9.66. The number of pyridine rings is 1. The van der Waals surface area contributed by atoms with Gasteiger partial charge in [-0.15, -0.1) is 0 Å². The maximum absolute atomic E-state index is 4.47. The molecule has 1 unspecified atom stereocenters. The maximum Gasteiger partial charge on any atom is 0.0577 e. The largest absolute Gasteiger partial charge is 0.298 e. The third-order valence-corrected chi connectivity index (χ3v) is 3.05. The standard InChI is InChI=1S/C12H18N2/c1-10-6-7-13-11(9-10)12-5-3-4-8-14(12)2/h6-7,9,12H,3-5,8H2,1-2H3. The highest BCUT2D eigenvalue weighted by atomic mass is 15.1. The van der Waals surface area contributed by atoms with Crippen LogP contribution in [-0.2, 0) is 0 Å². The van der Waals surface area contributed by atoms with Crippen LogP contribution >= 0.6 is 0 Å². The summed E-state index contributed by atoms with van der Waals surface area (Å²) in [6.07, 6.45) is 5.85. The van der Waals surface area contributed by atoms with Crippen molar-refractivity contribution in [2.45, 2.75) is 32.2 Å². The van der Waals surface area contributed by atoms with Crippen LogP contribution in [0, 0.1) is 6.92 Å². The van der Waals surface area contributed by atoms with Crippen molar-refractivity contribution in [2.24, 2.45) is 0 Å². The Morgan fingerprint density at radius 2 is 2.29 bits per heavy atom. The van der Waals surface area contributed by atoms with Crippen molar-refractivity contribution in [3.05, 3.63) is 29.6 Å². The summed E-state index contributed by atoms with van der Waals surface area (Å²) in [5.74, 6) is 0. The molecule has 2 heterocycles. The van der Waals surface area contributed by atoms with Crippen molar-refractivity contribution in [3.63, 3.8) is 0 Å².